The topological polar surface area (TPSA) is 109 Å². The summed E-state index contributed by atoms with van der Waals surface area (Å²) in [5, 5.41) is 29.2. The zero-order valence-corrected chi connectivity index (χ0v) is 19.8. The number of nitrogens with zero attached hydrogens (tertiary/aromatic N) is 4. The van der Waals surface area contributed by atoms with E-state index in [4.69, 9.17) is 4.74 Å². The van der Waals surface area contributed by atoms with Crippen molar-refractivity contribution in [2.45, 2.75) is 31.8 Å². The van der Waals surface area contributed by atoms with E-state index in [0.29, 0.717) is 25.2 Å². The van der Waals surface area contributed by atoms with Crippen LogP contribution in [0.15, 0.2) is 48.8 Å². The van der Waals surface area contributed by atoms with Gasteiger partial charge in [-0.3, -0.25) is 14.7 Å². The normalized spacial score (nSPS) is 19.0. The van der Waals surface area contributed by atoms with E-state index >= 15 is 0 Å². The lowest BCUT2D eigenvalue weighted by molar-refractivity contribution is -0.139. The Morgan fingerprint density at radius 3 is 2.91 bits per heavy atom. The first-order chi connectivity index (χ1) is 17.0. The molecule has 0 amide bonds. The monoisotopic (exact) mass is 474 g/mol. The summed E-state index contributed by atoms with van der Waals surface area (Å²) < 4.78 is 5.34. The smallest absolute Gasteiger partial charge is 0.303 e. The summed E-state index contributed by atoms with van der Waals surface area (Å²) in [7, 11) is 1.62. The molecular formula is C27H30N4O4. The van der Waals surface area contributed by atoms with E-state index in [1.54, 1.807) is 25.6 Å². The molecule has 2 N–H and O–H groups in total. The van der Waals surface area contributed by atoms with Crippen LogP contribution in [0.5, 0.6) is 5.75 Å². The Morgan fingerprint density at radius 2 is 2.14 bits per heavy atom. The molecule has 3 atom stereocenters. The number of ether oxygens (including phenoxy) is 1. The van der Waals surface area contributed by atoms with E-state index in [2.05, 4.69) is 31.9 Å². The number of pyridine rings is 1. The second-order valence-corrected chi connectivity index (χ2v) is 8.93. The molecule has 1 aliphatic rings. The van der Waals surface area contributed by atoms with Crippen LogP contribution in [0.1, 0.15) is 43.0 Å². The van der Waals surface area contributed by atoms with Gasteiger partial charge in [0.05, 0.1) is 25.3 Å². The third-order valence-corrected chi connectivity index (χ3v) is 6.66. The molecule has 1 saturated heterocycles. The number of aliphatic carboxylic acids is 1. The van der Waals surface area contributed by atoms with Gasteiger partial charge in [-0.25, -0.2) is 0 Å². The fourth-order valence-electron chi connectivity index (χ4n) is 4.84. The molecule has 0 bridgehead atoms. The quantitative estimate of drug-likeness (QED) is 0.479. The van der Waals surface area contributed by atoms with Crippen LogP contribution in [0, 0.1) is 23.7 Å². The number of carboxylic acid groups (broad SMARTS) is 1. The maximum Gasteiger partial charge on any atom is 0.303 e. The third kappa shape index (κ3) is 6.53. The SMILES string of the molecule is COc1ccc2nccc([C@@H](O)CC[C@@H]3CCN(CC#Cc4cccnn4)C[C@@H]3CC(=O)O)c2c1. The maximum absolute atomic E-state index is 11.6. The molecule has 0 aliphatic carbocycles. The van der Waals surface area contributed by atoms with Crippen molar-refractivity contribution in [2.75, 3.05) is 26.7 Å². The molecule has 3 aromatic rings. The first-order valence-electron chi connectivity index (χ1n) is 11.8. The number of benzene rings is 1. The third-order valence-electron chi connectivity index (χ3n) is 6.66. The summed E-state index contributed by atoms with van der Waals surface area (Å²) in [5.74, 6) is 6.31. The summed E-state index contributed by atoms with van der Waals surface area (Å²) in [4.78, 5) is 18.1. The van der Waals surface area contributed by atoms with Crippen LogP contribution in [-0.2, 0) is 4.79 Å². The average Bonchev–Trinajstić information content (AvgIpc) is 2.87. The summed E-state index contributed by atoms with van der Waals surface area (Å²) >= 11 is 0. The number of hydrogen-bond donors (Lipinski definition) is 2. The molecular weight excluding hydrogens is 444 g/mol. The first-order valence-corrected chi connectivity index (χ1v) is 11.8. The molecule has 182 valence electrons. The van der Waals surface area contributed by atoms with Gasteiger partial charge in [0, 0.05) is 30.7 Å². The van der Waals surface area contributed by atoms with Gasteiger partial charge in [0.1, 0.15) is 11.4 Å². The number of aromatic nitrogens is 3. The van der Waals surface area contributed by atoms with Crippen LogP contribution in [0.4, 0.5) is 0 Å². The first kappa shape index (κ1) is 24.6. The number of fused-ring (bicyclic) bond motifs is 1. The van der Waals surface area contributed by atoms with Crippen molar-refractivity contribution < 1.29 is 19.7 Å². The van der Waals surface area contributed by atoms with Gasteiger partial charge < -0.3 is 14.9 Å². The van der Waals surface area contributed by atoms with E-state index in [-0.39, 0.29) is 18.3 Å². The fourth-order valence-corrected chi connectivity index (χ4v) is 4.84. The highest BCUT2D eigenvalue weighted by Crippen LogP contribution is 2.34. The molecule has 4 rings (SSSR count). The highest BCUT2D eigenvalue weighted by atomic mass is 16.5. The molecule has 1 aliphatic heterocycles. The van der Waals surface area contributed by atoms with Crippen LogP contribution in [0.3, 0.4) is 0 Å². The van der Waals surface area contributed by atoms with Gasteiger partial charge in [0.15, 0.2) is 0 Å². The lowest BCUT2D eigenvalue weighted by Crippen LogP contribution is -2.41. The summed E-state index contributed by atoms with van der Waals surface area (Å²) in [6, 6.07) is 11.1. The molecule has 35 heavy (non-hydrogen) atoms. The number of hydrogen-bond acceptors (Lipinski definition) is 7. The zero-order chi connectivity index (χ0) is 24.6. The highest BCUT2D eigenvalue weighted by Gasteiger charge is 2.31. The number of likely N-dealkylation sites (tertiary alicyclic amines) is 1. The molecule has 8 nitrogen and oxygen atoms in total. The van der Waals surface area contributed by atoms with E-state index in [9.17, 15) is 15.0 Å². The van der Waals surface area contributed by atoms with Crippen molar-refractivity contribution in [3.05, 3.63) is 60.0 Å². The Balaban J connectivity index is 1.39. The Morgan fingerprint density at radius 1 is 1.26 bits per heavy atom. The van der Waals surface area contributed by atoms with E-state index in [1.807, 2.05) is 30.3 Å². The second kappa shape index (κ2) is 11.7. The number of rotatable bonds is 8. The number of aliphatic hydroxyl groups is 1. The van der Waals surface area contributed by atoms with Crippen molar-refractivity contribution in [3.63, 3.8) is 0 Å². The molecule has 0 saturated carbocycles. The van der Waals surface area contributed by atoms with Crippen molar-refractivity contribution in [2.24, 2.45) is 11.8 Å². The van der Waals surface area contributed by atoms with Crippen LogP contribution < -0.4 is 4.74 Å². The number of carboxylic acids is 1. The molecule has 1 aromatic carbocycles. The summed E-state index contributed by atoms with van der Waals surface area (Å²) in [5.41, 5.74) is 2.25. The zero-order valence-electron chi connectivity index (χ0n) is 19.8. The van der Waals surface area contributed by atoms with E-state index in [0.717, 1.165) is 41.6 Å². The second-order valence-electron chi connectivity index (χ2n) is 8.93. The minimum absolute atomic E-state index is 0.0149. The molecule has 0 spiro atoms. The lowest BCUT2D eigenvalue weighted by atomic mass is 9.79. The fraction of sp³-hybridized carbons (Fsp3) is 0.407. The van der Waals surface area contributed by atoms with Gasteiger partial charge in [-0.2, -0.15) is 5.10 Å². The lowest BCUT2D eigenvalue weighted by Gasteiger charge is -2.37. The maximum atomic E-state index is 11.6. The molecule has 1 fully saturated rings. The van der Waals surface area contributed by atoms with Crippen LogP contribution in [0.25, 0.3) is 10.9 Å². The molecule has 0 radical (unpaired) electrons. The number of carbonyl (C=O) groups is 1. The van der Waals surface area contributed by atoms with Crippen molar-refractivity contribution in [1.82, 2.24) is 20.1 Å². The molecule has 2 aromatic heterocycles. The highest BCUT2D eigenvalue weighted by molar-refractivity contribution is 5.83. The van der Waals surface area contributed by atoms with Gasteiger partial charge in [-0.1, -0.05) is 5.92 Å². The van der Waals surface area contributed by atoms with Crippen LogP contribution >= 0.6 is 0 Å². The van der Waals surface area contributed by atoms with Crippen molar-refractivity contribution >= 4 is 16.9 Å². The van der Waals surface area contributed by atoms with Crippen LogP contribution in [0.2, 0.25) is 0 Å². The number of aliphatic hydroxyl groups excluding tert-OH is 1. The van der Waals surface area contributed by atoms with Gasteiger partial charge in [-0.05, 0) is 85.5 Å². The predicted molar refractivity (Wildman–Crippen MR) is 132 cm³/mol. The van der Waals surface area contributed by atoms with Gasteiger partial charge in [0.2, 0.25) is 0 Å². The standard InChI is InChI=1S/C27H30N4O4/c1-35-22-7-8-25-24(17-22)23(10-13-28-25)26(32)9-6-19-11-15-31(18-20(19)16-27(33)34)14-3-5-21-4-2-12-29-30-21/h2,4,7-8,10,12-13,17,19-20,26,32H,6,9,11,14-16,18H2,1H3,(H,33,34)/t19-,20+,26+/m1/s1. The average molecular weight is 475 g/mol. The van der Waals surface area contributed by atoms with Gasteiger partial charge >= 0.3 is 5.97 Å². The minimum Gasteiger partial charge on any atom is -0.497 e. The molecule has 0 unspecified atom stereocenters. The minimum atomic E-state index is -0.791. The Labute approximate surface area is 205 Å². The van der Waals surface area contributed by atoms with Crippen LogP contribution in [-0.4, -0.2) is 63.0 Å². The largest absolute Gasteiger partial charge is 0.497 e. The van der Waals surface area contributed by atoms with Gasteiger partial charge in [0.25, 0.3) is 0 Å². The summed E-state index contributed by atoms with van der Waals surface area (Å²) in [6.07, 6.45) is 4.97. The van der Waals surface area contributed by atoms with Crippen molar-refractivity contribution in [3.8, 4) is 17.6 Å². The van der Waals surface area contributed by atoms with E-state index in [1.165, 1.54) is 0 Å². The number of piperidine rings is 1. The van der Waals surface area contributed by atoms with E-state index < -0.39 is 12.1 Å². The van der Waals surface area contributed by atoms with Gasteiger partial charge in [-0.15, -0.1) is 5.10 Å². The Bertz CT molecular complexity index is 1210. The Hall–Kier alpha value is -3.54. The molecule has 3 heterocycles. The molecule has 8 heteroatoms. The predicted octanol–water partition coefficient (Wildman–Crippen LogP) is 3.31. The number of methoxy groups -OCH3 is 1. The summed E-state index contributed by atoms with van der Waals surface area (Å²) in [6.45, 7) is 2.09. The van der Waals surface area contributed by atoms with Crippen molar-refractivity contribution in [1.29, 1.82) is 0 Å². The Kier molecular flexibility index (Phi) is 8.24.